The van der Waals surface area contributed by atoms with Crippen LogP contribution in [0.25, 0.3) is 0 Å². The number of carbonyl (C=O) groups is 1. The topological polar surface area (TPSA) is 43.8 Å². The molecule has 0 spiro atoms. The maximum Gasteiger partial charge on any atom is 0.272 e. The molecule has 1 aliphatic rings. The lowest BCUT2D eigenvalue weighted by atomic mass is 10.0. The van der Waals surface area contributed by atoms with Gasteiger partial charge in [0.05, 0.1) is 5.56 Å². The van der Waals surface area contributed by atoms with E-state index in [2.05, 4.69) is 11.8 Å². The van der Waals surface area contributed by atoms with Crippen LogP contribution in [0, 0.1) is 11.8 Å². The molecule has 1 amide bonds. The third-order valence-electron chi connectivity index (χ3n) is 3.59. The maximum atomic E-state index is 12.5. The molecule has 22 heavy (non-hydrogen) atoms. The van der Waals surface area contributed by atoms with Gasteiger partial charge in [-0.15, -0.1) is 0 Å². The van der Waals surface area contributed by atoms with E-state index < -0.39 is 5.72 Å². The van der Waals surface area contributed by atoms with Gasteiger partial charge < -0.3 is 5.11 Å². The van der Waals surface area contributed by atoms with Gasteiger partial charge in [-0.3, -0.25) is 4.79 Å². The average Bonchev–Trinajstić information content (AvgIpc) is 2.75. The number of carbonyl (C=O) groups excluding carboxylic acids is 1. The van der Waals surface area contributed by atoms with Crippen LogP contribution in [0.3, 0.4) is 0 Å². The summed E-state index contributed by atoms with van der Waals surface area (Å²) in [4.78, 5) is 12.5. The van der Waals surface area contributed by atoms with E-state index in [4.69, 9.17) is 0 Å². The van der Waals surface area contributed by atoms with Gasteiger partial charge in [0, 0.05) is 25.2 Å². The van der Waals surface area contributed by atoms with Gasteiger partial charge in [-0.1, -0.05) is 42.3 Å². The van der Waals surface area contributed by atoms with E-state index in [0.29, 0.717) is 11.1 Å². The lowest BCUT2D eigenvalue weighted by molar-refractivity contribution is -0.125. The highest BCUT2D eigenvalue weighted by atomic mass is 16.3. The third kappa shape index (κ3) is 2.17. The number of benzene rings is 2. The molecule has 110 valence electrons. The monoisotopic (exact) mass is 292 g/mol. The second kappa shape index (κ2) is 5.30. The van der Waals surface area contributed by atoms with Crippen LogP contribution in [0.15, 0.2) is 54.6 Å². The Labute approximate surface area is 129 Å². The fraction of sp³-hybridized carbons (Fsp3) is 0.167. The molecule has 0 saturated carbocycles. The van der Waals surface area contributed by atoms with Crippen LogP contribution in [0.1, 0.15) is 21.5 Å². The van der Waals surface area contributed by atoms with Crippen molar-refractivity contribution in [3.63, 3.8) is 0 Å². The molecular weight excluding hydrogens is 276 g/mol. The standard InChI is InChI=1S/C18H16N2O2/c1-19(2)20-17(21)15-10-6-7-11-16(15)18(20,22)13-12-14-8-4-3-5-9-14/h3-11,22H,1-2H3. The first kappa shape index (κ1) is 14.3. The second-order valence-corrected chi connectivity index (χ2v) is 5.30. The molecule has 1 unspecified atom stereocenters. The summed E-state index contributed by atoms with van der Waals surface area (Å²) in [6.07, 6.45) is 0. The summed E-state index contributed by atoms with van der Waals surface area (Å²) in [5.74, 6) is 5.56. The molecule has 0 saturated heterocycles. The Morgan fingerprint density at radius 3 is 2.36 bits per heavy atom. The van der Waals surface area contributed by atoms with Crippen molar-refractivity contribution in [2.45, 2.75) is 5.72 Å². The minimum Gasteiger partial charge on any atom is -0.356 e. The summed E-state index contributed by atoms with van der Waals surface area (Å²) >= 11 is 0. The quantitative estimate of drug-likeness (QED) is 0.815. The van der Waals surface area contributed by atoms with E-state index in [0.717, 1.165) is 5.56 Å². The Balaban J connectivity index is 2.13. The lowest BCUT2D eigenvalue weighted by Crippen LogP contribution is -2.50. The fourth-order valence-electron chi connectivity index (χ4n) is 2.62. The van der Waals surface area contributed by atoms with Crippen LogP contribution in [-0.2, 0) is 5.72 Å². The van der Waals surface area contributed by atoms with Crippen LogP contribution >= 0.6 is 0 Å². The minimum absolute atomic E-state index is 0.259. The van der Waals surface area contributed by atoms with Crippen molar-refractivity contribution in [3.8, 4) is 11.8 Å². The van der Waals surface area contributed by atoms with Crippen molar-refractivity contribution in [2.75, 3.05) is 14.1 Å². The first-order valence-electron chi connectivity index (χ1n) is 6.96. The van der Waals surface area contributed by atoms with Crippen molar-refractivity contribution >= 4 is 5.91 Å². The van der Waals surface area contributed by atoms with Crippen molar-refractivity contribution in [1.82, 2.24) is 10.0 Å². The van der Waals surface area contributed by atoms with Crippen molar-refractivity contribution < 1.29 is 9.90 Å². The van der Waals surface area contributed by atoms with Crippen LogP contribution in [0.5, 0.6) is 0 Å². The number of aliphatic hydroxyl groups is 1. The fourth-order valence-corrected chi connectivity index (χ4v) is 2.62. The first-order chi connectivity index (χ1) is 10.5. The Morgan fingerprint density at radius 2 is 1.68 bits per heavy atom. The van der Waals surface area contributed by atoms with Gasteiger partial charge in [-0.2, -0.15) is 0 Å². The molecular formula is C18H16N2O2. The number of rotatable bonds is 1. The van der Waals surface area contributed by atoms with Crippen molar-refractivity contribution in [2.24, 2.45) is 0 Å². The highest BCUT2D eigenvalue weighted by Gasteiger charge is 2.49. The van der Waals surface area contributed by atoms with Gasteiger partial charge in [-0.05, 0) is 24.1 Å². The average molecular weight is 292 g/mol. The molecule has 0 aliphatic carbocycles. The molecule has 1 atom stereocenters. The highest BCUT2D eigenvalue weighted by Crippen LogP contribution is 2.37. The number of hydrogen-bond donors (Lipinski definition) is 1. The predicted molar refractivity (Wildman–Crippen MR) is 83.5 cm³/mol. The van der Waals surface area contributed by atoms with Gasteiger partial charge >= 0.3 is 0 Å². The summed E-state index contributed by atoms with van der Waals surface area (Å²) < 4.78 is 0. The summed E-state index contributed by atoms with van der Waals surface area (Å²) in [7, 11) is 3.41. The molecule has 1 N–H and O–H groups in total. The predicted octanol–water partition coefficient (Wildman–Crippen LogP) is 1.82. The highest BCUT2D eigenvalue weighted by molar-refractivity contribution is 6.00. The Kier molecular flexibility index (Phi) is 3.45. The normalized spacial score (nSPS) is 19.8. The van der Waals surface area contributed by atoms with E-state index in [1.54, 1.807) is 43.4 Å². The van der Waals surface area contributed by atoms with Crippen LogP contribution < -0.4 is 0 Å². The molecule has 4 nitrogen and oxygen atoms in total. The molecule has 0 radical (unpaired) electrons. The molecule has 0 aromatic heterocycles. The van der Waals surface area contributed by atoms with E-state index >= 15 is 0 Å². The number of amides is 1. The third-order valence-corrected chi connectivity index (χ3v) is 3.59. The molecule has 1 heterocycles. The van der Waals surface area contributed by atoms with Crippen molar-refractivity contribution in [1.29, 1.82) is 0 Å². The maximum absolute atomic E-state index is 12.5. The minimum atomic E-state index is -1.66. The zero-order chi connectivity index (χ0) is 15.7. The molecule has 4 heteroatoms. The van der Waals surface area contributed by atoms with Crippen LogP contribution in [0.4, 0.5) is 0 Å². The molecule has 0 bridgehead atoms. The smallest absolute Gasteiger partial charge is 0.272 e. The lowest BCUT2D eigenvalue weighted by Gasteiger charge is -2.34. The van der Waals surface area contributed by atoms with Crippen LogP contribution in [0.2, 0.25) is 0 Å². The molecule has 0 fully saturated rings. The van der Waals surface area contributed by atoms with E-state index in [1.165, 1.54) is 5.01 Å². The Bertz CT molecular complexity index is 774. The van der Waals surface area contributed by atoms with Crippen molar-refractivity contribution in [3.05, 3.63) is 71.3 Å². The largest absolute Gasteiger partial charge is 0.356 e. The summed E-state index contributed by atoms with van der Waals surface area (Å²) in [5.41, 5.74) is 0.108. The van der Waals surface area contributed by atoms with Gasteiger partial charge in [0.1, 0.15) is 0 Å². The Hall–Kier alpha value is -2.61. The number of fused-ring (bicyclic) bond motifs is 1. The first-order valence-corrected chi connectivity index (χ1v) is 6.96. The Morgan fingerprint density at radius 1 is 1.05 bits per heavy atom. The SMILES string of the molecule is CN(C)N1C(=O)c2ccccc2C1(O)C#Cc1ccccc1. The summed E-state index contributed by atoms with van der Waals surface area (Å²) in [5, 5.41) is 13.9. The molecule has 2 aromatic rings. The summed E-state index contributed by atoms with van der Waals surface area (Å²) in [6, 6.07) is 16.4. The van der Waals surface area contributed by atoms with Gasteiger partial charge in [0.2, 0.25) is 5.72 Å². The molecule has 2 aromatic carbocycles. The van der Waals surface area contributed by atoms with E-state index in [-0.39, 0.29) is 5.91 Å². The molecule has 1 aliphatic heterocycles. The van der Waals surface area contributed by atoms with Gasteiger partial charge in [-0.25, -0.2) is 10.0 Å². The van der Waals surface area contributed by atoms with Crippen LogP contribution in [-0.4, -0.2) is 35.1 Å². The number of hydrogen-bond acceptors (Lipinski definition) is 3. The summed E-state index contributed by atoms with van der Waals surface area (Å²) in [6.45, 7) is 0. The van der Waals surface area contributed by atoms with E-state index in [1.807, 2.05) is 30.3 Å². The second-order valence-electron chi connectivity index (χ2n) is 5.30. The van der Waals surface area contributed by atoms with Gasteiger partial charge in [0.25, 0.3) is 5.91 Å². The zero-order valence-corrected chi connectivity index (χ0v) is 12.4. The number of nitrogens with zero attached hydrogens (tertiary/aromatic N) is 2. The zero-order valence-electron chi connectivity index (χ0n) is 12.4. The van der Waals surface area contributed by atoms with E-state index in [9.17, 15) is 9.90 Å². The molecule has 3 rings (SSSR count). The van der Waals surface area contributed by atoms with Gasteiger partial charge in [0.15, 0.2) is 0 Å². The number of hydrazine groups is 1.